The molecule has 7 nitrogen and oxygen atoms in total. The van der Waals surface area contributed by atoms with Gasteiger partial charge in [0, 0.05) is 37.4 Å². The van der Waals surface area contributed by atoms with Gasteiger partial charge in [-0.25, -0.2) is 0 Å². The number of anilines is 1. The molecule has 1 aromatic rings. The van der Waals surface area contributed by atoms with E-state index >= 15 is 0 Å². The molecule has 2 N–H and O–H groups in total. The maximum Gasteiger partial charge on any atom is 0.267 e. The van der Waals surface area contributed by atoms with Crippen LogP contribution in [0.1, 0.15) is 0 Å². The summed E-state index contributed by atoms with van der Waals surface area (Å²) < 4.78 is 10.5. The second-order valence-corrected chi connectivity index (χ2v) is 5.81. The van der Waals surface area contributed by atoms with Gasteiger partial charge in [-0.3, -0.25) is 9.69 Å². The highest BCUT2D eigenvalue weighted by molar-refractivity contribution is 6.31. The Morgan fingerprint density at radius 1 is 1.48 bits per heavy atom. The number of nitrogens with zero attached hydrogens (tertiary/aromatic N) is 2. The normalized spacial score (nSPS) is 15.3. The Hall–Kier alpha value is -2.27. The number of halogens is 1. The maximum absolute atomic E-state index is 12.3. The molecule has 1 aromatic carbocycles. The average molecular weight is 365 g/mol. The van der Waals surface area contributed by atoms with Crippen molar-refractivity contribution in [1.82, 2.24) is 10.2 Å². The Morgan fingerprint density at radius 2 is 2.24 bits per heavy atom. The summed E-state index contributed by atoms with van der Waals surface area (Å²) in [5.41, 5.74) is 0.387. The summed E-state index contributed by atoms with van der Waals surface area (Å²) in [6, 6.07) is 6.76. The summed E-state index contributed by atoms with van der Waals surface area (Å²) in [6.45, 7) is 4.73. The smallest absolute Gasteiger partial charge is 0.267 e. The first-order valence-corrected chi connectivity index (χ1v) is 8.30. The summed E-state index contributed by atoms with van der Waals surface area (Å²) in [4.78, 5) is 14.5. The predicted octanol–water partition coefficient (Wildman–Crippen LogP) is 1.62. The van der Waals surface area contributed by atoms with Crippen molar-refractivity contribution >= 4 is 23.2 Å². The first-order chi connectivity index (χ1) is 12.1. The molecule has 0 aromatic heterocycles. The standard InChI is InChI=1S/C17H21ClN4O3/c1-24-16-3-2-14(18)10-15(16)21-17(23)13(11-19)12-20-4-5-22-6-8-25-9-7-22/h2-3,10,12,20H,4-9H2,1H3,(H,21,23)/b13-12-. The zero-order valence-electron chi connectivity index (χ0n) is 14.0. The zero-order chi connectivity index (χ0) is 18.1. The molecule has 0 spiro atoms. The minimum Gasteiger partial charge on any atom is -0.495 e. The highest BCUT2D eigenvalue weighted by atomic mass is 35.5. The van der Waals surface area contributed by atoms with E-state index in [0.717, 1.165) is 32.8 Å². The predicted molar refractivity (Wildman–Crippen MR) is 95.6 cm³/mol. The topological polar surface area (TPSA) is 86.6 Å². The molecule has 1 fully saturated rings. The number of rotatable bonds is 7. The number of nitriles is 1. The van der Waals surface area contributed by atoms with E-state index in [1.165, 1.54) is 13.3 Å². The van der Waals surface area contributed by atoms with Crippen LogP contribution >= 0.6 is 11.6 Å². The third kappa shape index (κ3) is 5.94. The summed E-state index contributed by atoms with van der Waals surface area (Å²) in [5, 5.41) is 15.3. The van der Waals surface area contributed by atoms with Crippen LogP contribution in [0.15, 0.2) is 30.0 Å². The van der Waals surface area contributed by atoms with Gasteiger partial charge in [-0.1, -0.05) is 11.6 Å². The molecule has 2 rings (SSSR count). The first kappa shape index (κ1) is 19.1. The van der Waals surface area contributed by atoms with Crippen molar-refractivity contribution in [3.63, 3.8) is 0 Å². The number of benzene rings is 1. The molecule has 1 aliphatic heterocycles. The third-order valence-corrected chi connectivity index (χ3v) is 3.93. The molecule has 0 unspecified atom stereocenters. The molecule has 1 aliphatic rings. The fourth-order valence-corrected chi connectivity index (χ4v) is 2.51. The van der Waals surface area contributed by atoms with Crippen LogP contribution in [0.25, 0.3) is 0 Å². The lowest BCUT2D eigenvalue weighted by atomic mass is 10.2. The van der Waals surface area contributed by atoms with E-state index < -0.39 is 5.91 Å². The van der Waals surface area contributed by atoms with Gasteiger partial charge in [0.2, 0.25) is 0 Å². The molecule has 0 bridgehead atoms. The molecule has 1 saturated heterocycles. The van der Waals surface area contributed by atoms with Gasteiger partial charge in [0.1, 0.15) is 17.4 Å². The van der Waals surface area contributed by atoms with Gasteiger partial charge in [0.15, 0.2) is 0 Å². The van der Waals surface area contributed by atoms with Crippen LogP contribution in [0.4, 0.5) is 5.69 Å². The van der Waals surface area contributed by atoms with Crippen LogP contribution in [-0.2, 0) is 9.53 Å². The van der Waals surface area contributed by atoms with Crippen LogP contribution in [0.2, 0.25) is 5.02 Å². The van der Waals surface area contributed by atoms with Gasteiger partial charge < -0.3 is 20.1 Å². The van der Waals surface area contributed by atoms with Gasteiger partial charge in [0.05, 0.1) is 26.0 Å². The monoisotopic (exact) mass is 364 g/mol. The average Bonchev–Trinajstić information content (AvgIpc) is 2.63. The number of methoxy groups -OCH3 is 1. The van der Waals surface area contributed by atoms with E-state index in [0.29, 0.717) is 23.0 Å². The van der Waals surface area contributed by atoms with E-state index in [9.17, 15) is 10.1 Å². The van der Waals surface area contributed by atoms with Crippen LogP contribution in [0, 0.1) is 11.3 Å². The number of hydrogen-bond acceptors (Lipinski definition) is 6. The number of amides is 1. The minimum absolute atomic E-state index is 0.0241. The quantitative estimate of drug-likeness (QED) is 0.434. The van der Waals surface area contributed by atoms with Gasteiger partial charge in [-0.05, 0) is 18.2 Å². The Bertz CT molecular complexity index is 666. The Morgan fingerprint density at radius 3 is 2.92 bits per heavy atom. The molecule has 134 valence electrons. The number of nitrogens with one attached hydrogen (secondary N) is 2. The minimum atomic E-state index is -0.526. The highest BCUT2D eigenvalue weighted by Gasteiger charge is 2.13. The van der Waals surface area contributed by atoms with E-state index in [2.05, 4.69) is 15.5 Å². The van der Waals surface area contributed by atoms with Crippen LogP contribution < -0.4 is 15.4 Å². The summed E-state index contributed by atoms with van der Waals surface area (Å²) in [5.74, 6) is -0.0581. The van der Waals surface area contributed by atoms with Crippen LogP contribution in [0.5, 0.6) is 5.75 Å². The Labute approximate surface area is 152 Å². The summed E-state index contributed by atoms with van der Waals surface area (Å²) in [6.07, 6.45) is 1.42. The van der Waals surface area contributed by atoms with Gasteiger partial charge in [0.25, 0.3) is 5.91 Å². The van der Waals surface area contributed by atoms with Gasteiger partial charge in [-0.2, -0.15) is 5.26 Å². The van der Waals surface area contributed by atoms with E-state index in [-0.39, 0.29) is 5.57 Å². The second kappa shape index (κ2) is 9.89. The first-order valence-electron chi connectivity index (χ1n) is 7.92. The Balaban J connectivity index is 1.89. The van der Waals surface area contributed by atoms with E-state index in [1.54, 1.807) is 18.2 Å². The molecule has 0 aliphatic carbocycles. The summed E-state index contributed by atoms with van der Waals surface area (Å²) >= 11 is 5.93. The molecule has 0 saturated carbocycles. The van der Waals surface area contributed by atoms with E-state index in [4.69, 9.17) is 21.1 Å². The van der Waals surface area contributed by atoms with E-state index in [1.807, 2.05) is 6.07 Å². The largest absolute Gasteiger partial charge is 0.495 e. The number of ether oxygens (including phenoxy) is 2. The SMILES string of the molecule is COc1ccc(Cl)cc1NC(=O)/C(C#N)=C\NCCN1CCOCC1. The van der Waals surface area contributed by atoms with Crippen LogP contribution in [-0.4, -0.2) is 57.3 Å². The Kier molecular flexibility index (Phi) is 7.54. The van der Waals surface area contributed by atoms with Crippen molar-refractivity contribution in [2.45, 2.75) is 0 Å². The van der Waals surface area contributed by atoms with Crippen LogP contribution in [0.3, 0.4) is 0 Å². The zero-order valence-corrected chi connectivity index (χ0v) is 14.8. The lowest BCUT2D eigenvalue weighted by molar-refractivity contribution is -0.112. The second-order valence-electron chi connectivity index (χ2n) is 5.38. The lowest BCUT2D eigenvalue weighted by Gasteiger charge is -2.26. The van der Waals surface area contributed by atoms with Crippen molar-refractivity contribution in [2.75, 3.05) is 51.8 Å². The van der Waals surface area contributed by atoms with Gasteiger partial charge >= 0.3 is 0 Å². The molecular weight excluding hydrogens is 344 g/mol. The van der Waals surface area contributed by atoms with Crippen molar-refractivity contribution in [2.24, 2.45) is 0 Å². The number of morpholine rings is 1. The molecule has 1 heterocycles. The van der Waals surface area contributed by atoms with Crippen molar-refractivity contribution in [1.29, 1.82) is 5.26 Å². The maximum atomic E-state index is 12.3. The van der Waals surface area contributed by atoms with Crippen molar-refractivity contribution in [3.8, 4) is 11.8 Å². The third-order valence-electron chi connectivity index (χ3n) is 3.70. The molecule has 0 radical (unpaired) electrons. The number of carbonyl (C=O) groups excluding carboxylic acids is 1. The molecular formula is C17H21ClN4O3. The lowest BCUT2D eigenvalue weighted by Crippen LogP contribution is -2.39. The van der Waals surface area contributed by atoms with Crippen molar-refractivity contribution in [3.05, 3.63) is 35.0 Å². The molecule has 1 amide bonds. The highest BCUT2D eigenvalue weighted by Crippen LogP contribution is 2.27. The number of carbonyl (C=O) groups is 1. The van der Waals surface area contributed by atoms with Gasteiger partial charge in [-0.15, -0.1) is 0 Å². The molecule has 8 heteroatoms. The number of hydrogen-bond donors (Lipinski definition) is 2. The fourth-order valence-electron chi connectivity index (χ4n) is 2.34. The van der Waals surface area contributed by atoms with Crippen molar-refractivity contribution < 1.29 is 14.3 Å². The molecule has 0 atom stereocenters. The fraction of sp³-hybridized carbons (Fsp3) is 0.412. The molecule has 25 heavy (non-hydrogen) atoms. The summed E-state index contributed by atoms with van der Waals surface area (Å²) in [7, 11) is 1.49.